The molecule has 0 radical (unpaired) electrons. The number of nitrogens with two attached hydrogens (primary N) is 3. The molecule has 2 amide bonds. The molecule has 0 aliphatic heterocycles. The van der Waals surface area contributed by atoms with Gasteiger partial charge in [0.05, 0.1) is 28.0 Å². The lowest BCUT2D eigenvalue weighted by Crippen LogP contribution is -2.53. The maximum atomic E-state index is 14.1. The zero-order chi connectivity index (χ0) is 30.5. The van der Waals surface area contributed by atoms with Gasteiger partial charge in [0.1, 0.15) is 11.9 Å². The van der Waals surface area contributed by atoms with Crippen molar-refractivity contribution in [3.8, 4) is 11.6 Å². The molecule has 2 aliphatic carbocycles. The van der Waals surface area contributed by atoms with Gasteiger partial charge in [-0.3, -0.25) is 14.4 Å². The van der Waals surface area contributed by atoms with Crippen LogP contribution in [0.3, 0.4) is 0 Å². The Bertz CT molecular complexity index is 1790. The number of nitrogens with one attached hydrogen (secondary N) is 2. The number of Topliss-reactive ketones (excluding diaryl/α,β-unsaturated/α-hetero) is 1. The first-order valence-electron chi connectivity index (χ1n) is 13.7. The second kappa shape index (κ2) is 10.8. The van der Waals surface area contributed by atoms with E-state index in [-0.39, 0.29) is 29.8 Å². The smallest absolute Gasteiger partial charge is 0.262 e. The highest BCUT2D eigenvalue weighted by Crippen LogP contribution is 2.50. The van der Waals surface area contributed by atoms with E-state index in [2.05, 4.69) is 32.2 Å². The maximum Gasteiger partial charge on any atom is 0.262 e. The van der Waals surface area contributed by atoms with Crippen LogP contribution in [0.4, 0.5) is 5.69 Å². The molecule has 12 nitrogen and oxygen atoms in total. The molecule has 1 aromatic carbocycles. The first-order valence-corrected chi connectivity index (χ1v) is 14.5. The van der Waals surface area contributed by atoms with Crippen molar-refractivity contribution >= 4 is 44.7 Å². The van der Waals surface area contributed by atoms with Crippen molar-refractivity contribution in [2.45, 2.75) is 49.9 Å². The SMILES string of the molecule is C=CC(=O)N[C@H]1CCC[C@H]1NC(=O)c1sc2c(N)ccc3c2c1C(N)C(=O)C3(N)c1ccc(Oc2cncnc2)nc1C. The third-order valence-electron chi connectivity index (χ3n) is 8.11. The van der Waals surface area contributed by atoms with Gasteiger partial charge in [0.2, 0.25) is 11.8 Å². The second-order valence-corrected chi connectivity index (χ2v) is 11.7. The van der Waals surface area contributed by atoms with E-state index in [0.29, 0.717) is 55.2 Å². The number of pyridine rings is 1. The van der Waals surface area contributed by atoms with Gasteiger partial charge in [0.25, 0.3) is 5.91 Å². The lowest BCUT2D eigenvalue weighted by molar-refractivity contribution is -0.124. The molecule has 3 heterocycles. The van der Waals surface area contributed by atoms with Crippen molar-refractivity contribution in [1.29, 1.82) is 0 Å². The van der Waals surface area contributed by atoms with Crippen LogP contribution in [-0.4, -0.2) is 44.6 Å². The number of ketones is 1. The predicted octanol–water partition coefficient (Wildman–Crippen LogP) is 2.51. The van der Waals surface area contributed by atoms with E-state index < -0.39 is 17.4 Å². The maximum absolute atomic E-state index is 14.1. The second-order valence-electron chi connectivity index (χ2n) is 10.7. The number of aromatic nitrogens is 3. The molecule has 0 bridgehead atoms. The summed E-state index contributed by atoms with van der Waals surface area (Å²) in [5.74, 6) is -0.486. The molecule has 8 N–H and O–H groups in total. The predicted molar refractivity (Wildman–Crippen MR) is 161 cm³/mol. The Morgan fingerprint density at radius 2 is 1.81 bits per heavy atom. The number of rotatable bonds is 7. The van der Waals surface area contributed by atoms with Crippen LogP contribution in [-0.2, 0) is 15.1 Å². The van der Waals surface area contributed by atoms with Gasteiger partial charge >= 0.3 is 0 Å². The van der Waals surface area contributed by atoms with E-state index in [4.69, 9.17) is 21.9 Å². The minimum Gasteiger partial charge on any atom is -0.436 e. The number of carbonyl (C=O) groups is 3. The quantitative estimate of drug-likeness (QED) is 0.155. The standard InChI is InChI=1S/C30H30N8O4S/c1-3-21(39)37-19-5-4-6-20(19)38-29(41)27-24-23-17(7-9-18(31)26(23)43-27)30(33,28(40)25(24)32)16-8-10-22(36-14(16)2)42-15-11-34-13-35-12-15/h3,7-13,19-20,25H,1,4-6,31-33H2,2H3,(H,37,39)(H,38,41)/t19-,20+,25?,30?/m0/s1. The highest BCUT2D eigenvalue weighted by atomic mass is 32.1. The van der Waals surface area contributed by atoms with Crippen LogP contribution < -0.4 is 32.6 Å². The molecule has 3 aromatic heterocycles. The minimum absolute atomic E-state index is 0.232. The van der Waals surface area contributed by atoms with Crippen LogP contribution in [0.5, 0.6) is 11.6 Å². The molecule has 1 fully saturated rings. The molecular formula is C30H30N8O4S. The van der Waals surface area contributed by atoms with Crippen LogP contribution in [0.25, 0.3) is 10.1 Å². The Labute approximate surface area is 250 Å². The number of thiophene rings is 1. The number of amides is 2. The molecule has 6 rings (SSSR count). The molecule has 220 valence electrons. The Hall–Kier alpha value is -4.72. The van der Waals surface area contributed by atoms with Gasteiger partial charge < -0.3 is 32.6 Å². The van der Waals surface area contributed by atoms with E-state index in [1.807, 2.05) is 0 Å². The minimum atomic E-state index is -1.66. The fraction of sp³-hybridized carbons (Fsp3) is 0.267. The summed E-state index contributed by atoms with van der Waals surface area (Å²) in [4.78, 5) is 52.5. The van der Waals surface area contributed by atoms with Crippen molar-refractivity contribution in [2.75, 3.05) is 5.73 Å². The fourth-order valence-corrected chi connectivity index (χ4v) is 7.28. The molecule has 4 aromatic rings. The fourth-order valence-electron chi connectivity index (χ4n) is 6.08. The van der Waals surface area contributed by atoms with E-state index in [1.54, 1.807) is 31.2 Å². The highest BCUT2D eigenvalue weighted by molar-refractivity contribution is 7.21. The largest absolute Gasteiger partial charge is 0.436 e. The molecular weight excluding hydrogens is 568 g/mol. The summed E-state index contributed by atoms with van der Waals surface area (Å²) in [6.07, 6.45) is 7.87. The van der Waals surface area contributed by atoms with Crippen LogP contribution >= 0.6 is 11.3 Å². The van der Waals surface area contributed by atoms with Crippen molar-refractivity contribution < 1.29 is 19.1 Å². The van der Waals surface area contributed by atoms with Gasteiger partial charge in [-0.05, 0) is 50.0 Å². The number of nitrogens with zero attached hydrogens (tertiary/aromatic N) is 3. The Balaban J connectivity index is 1.40. The first-order chi connectivity index (χ1) is 20.6. The zero-order valence-corrected chi connectivity index (χ0v) is 24.1. The number of aryl methyl sites for hydroxylation is 1. The average Bonchev–Trinajstić information content (AvgIpc) is 3.61. The van der Waals surface area contributed by atoms with Crippen molar-refractivity contribution in [3.05, 3.63) is 82.9 Å². The normalized spacial score (nSPS) is 22.8. The van der Waals surface area contributed by atoms with Gasteiger partial charge in [0.15, 0.2) is 11.5 Å². The summed E-state index contributed by atoms with van der Waals surface area (Å²) in [6, 6.07) is 4.97. The molecule has 4 atom stereocenters. The summed E-state index contributed by atoms with van der Waals surface area (Å²) in [5, 5.41) is 6.52. The molecule has 2 unspecified atom stereocenters. The Morgan fingerprint density at radius 3 is 2.51 bits per heavy atom. The van der Waals surface area contributed by atoms with Crippen LogP contribution in [0, 0.1) is 6.92 Å². The summed E-state index contributed by atoms with van der Waals surface area (Å²) >= 11 is 1.17. The van der Waals surface area contributed by atoms with Gasteiger partial charge in [-0.1, -0.05) is 12.6 Å². The van der Waals surface area contributed by atoms with Gasteiger partial charge in [-0.2, -0.15) is 0 Å². The Kier molecular flexibility index (Phi) is 7.16. The van der Waals surface area contributed by atoms with E-state index in [1.165, 1.54) is 36.1 Å². The molecule has 0 saturated heterocycles. The zero-order valence-electron chi connectivity index (χ0n) is 23.3. The molecule has 0 spiro atoms. The third-order valence-corrected chi connectivity index (χ3v) is 9.36. The number of hydrogen-bond acceptors (Lipinski definition) is 11. The monoisotopic (exact) mass is 598 g/mol. The van der Waals surface area contributed by atoms with Crippen molar-refractivity contribution in [2.24, 2.45) is 11.5 Å². The number of nitrogen functional groups attached to an aromatic ring is 1. The van der Waals surface area contributed by atoms with Crippen molar-refractivity contribution in [1.82, 2.24) is 25.6 Å². The molecule has 43 heavy (non-hydrogen) atoms. The van der Waals surface area contributed by atoms with E-state index >= 15 is 0 Å². The summed E-state index contributed by atoms with van der Waals surface area (Å²) in [5.41, 5.74) is 20.6. The van der Waals surface area contributed by atoms with Crippen LogP contribution in [0.1, 0.15) is 57.4 Å². The average molecular weight is 599 g/mol. The van der Waals surface area contributed by atoms with E-state index in [0.717, 1.165) is 12.8 Å². The summed E-state index contributed by atoms with van der Waals surface area (Å²) < 4.78 is 6.38. The number of ether oxygens (including phenoxy) is 1. The van der Waals surface area contributed by atoms with Gasteiger partial charge in [-0.15, -0.1) is 11.3 Å². The first kappa shape index (κ1) is 28.4. The third kappa shape index (κ3) is 4.71. The van der Waals surface area contributed by atoms with Gasteiger partial charge in [0, 0.05) is 46.0 Å². The number of hydrogen-bond donors (Lipinski definition) is 5. The van der Waals surface area contributed by atoms with Crippen LogP contribution in [0.15, 0.2) is 55.6 Å². The summed E-state index contributed by atoms with van der Waals surface area (Å²) in [6.45, 7) is 5.23. The van der Waals surface area contributed by atoms with Crippen LogP contribution in [0.2, 0.25) is 0 Å². The topological polar surface area (TPSA) is 201 Å². The highest BCUT2D eigenvalue weighted by Gasteiger charge is 2.49. The number of carbonyl (C=O) groups excluding carboxylic acids is 3. The van der Waals surface area contributed by atoms with Crippen molar-refractivity contribution in [3.63, 3.8) is 0 Å². The Morgan fingerprint density at radius 1 is 1.12 bits per heavy atom. The van der Waals surface area contributed by atoms with E-state index in [9.17, 15) is 14.4 Å². The lowest BCUT2D eigenvalue weighted by Gasteiger charge is -2.37. The summed E-state index contributed by atoms with van der Waals surface area (Å²) in [7, 11) is 0. The number of anilines is 1. The lowest BCUT2D eigenvalue weighted by atomic mass is 9.70. The van der Waals surface area contributed by atoms with Gasteiger partial charge in [-0.25, -0.2) is 15.0 Å². The molecule has 2 aliphatic rings. The molecule has 13 heteroatoms. The number of benzene rings is 1. The molecule has 1 saturated carbocycles.